The summed E-state index contributed by atoms with van der Waals surface area (Å²) in [6, 6.07) is 0. The van der Waals surface area contributed by atoms with Crippen molar-refractivity contribution in [3.05, 3.63) is 0 Å². The van der Waals surface area contributed by atoms with E-state index in [-0.39, 0.29) is 12.8 Å². The van der Waals surface area contributed by atoms with Gasteiger partial charge < -0.3 is 0 Å². The second-order valence-corrected chi connectivity index (χ2v) is 5.54. The van der Waals surface area contributed by atoms with Crippen molar-refractivity contribution in [1.29, 1.82) is 0 Å². The number of rotatable bonds is 4. The van der Waals surface area contributed by atoms with Crippen molar-refractivity contribution < 1.29 is 34.3 Å². The van der Waals surface area contributed by atoms with Crippen molar-refractivity contribution in [2.75, 3.05) is 0 Å². The molecule has 0 bridgehead atoms. The van der Waals surface area contributed by atoms with Crippen molar-refractivity contribution in [3.8, 4) is 0 Å². The van der Waals surface area contributed by atoms with E-state index in [1.165, 1.54) is 0 Å². The maximum absolute atomic E-state index is 10.6. The van der Waals surface area contributed by atoms with Gasteiger partial charge in [-0.25, -0.2) is 8.37 Å². The molecule has 1 fully saturated rings. The van der Waals surface area contributed by atoms with Gasteiger partial charge in [0.1, 0.15) is 0 Å². The molecule has 8 nitrogen and oxygen atoms in total. The van der Waals surface area contributed by atoms with Crippen LogP contribution in [-0.2, 0) is 29.2 Å². The summed E-state index contributed by atoms with van der Waals surface area (Å²) in [6.07, 6.45) is 1.58. The van der Waals surface area contributed by atoms with Crippen LogP contribution in [0.25, 0.3) is 0 Å². The standard InChI is InChI=1S/C6H12O8S2/c7-15(8,9)13-6(14-16(10,11)12)4-2-1-3-5-6/h1-5H2,(H,7,8,9)(H,10,11,12). The fourth-order valence-corrected chi connectivity index (χ4v) is 2.87. The lowest BCUT2D eigenvalue weighted by molar-refractivity contribution is -0.138. The van der Waals surface area contributed by atoms with Crippen LogP contribution in [0.3, 0.4) is 0 Å². The van der Waals surface area contributed by atoms with Gasteiger partial charge in [-0.2, -0.15) is 16.8 Å². The minimum absolute atomic E-state index is 0.0490. The largest absolute Gasteiger partial charge is 0.400 e. The minimum atomic E-state index is -4.86. The Morgan fingerprint density at radius 1 is 0.812 bits per heavy atom. The van der Waals surface area contributed by atoms with Crippen LogP contribution in [0.15, 0.2) is 0 Å². The maximum atomic E-state index is 10.6. The molecule has 0 atom stereocenters. The second kappa shape index (κ2) is 4.55. The fourth-order valence-electron chi connectivity index (χ4n) is 1.65. The molecule has 96 valence electrons. The Morgan fingerprint density at radius 2 is 1.19 bits per heavy atom. The molecule has 1 aliphatic carbocycles. The highest BCUT2D eigenvalue weighted by molar-refractivity contribution is 7.81. The molecule has 0 heterocycles. The zero-order valence-electron chi connectivity index (χ0n) is 8.20. The molecule has 1 saturated carbocycles. The van der Waals surface area contributed by atoms with Gasteiger partial charge in [0.15, 0.2) is 0 Å². The Bertz CT molecular complexity index is 393. The molecule has 0 aromatic carbocycles. The number of hydrogen-bond acceptors (Lipinski definition) is 6. The van der Waals surface area contributed by atoms with E-state index in [1.807, 2.05) is 0 Å². The third kappa shape index (κ3) is 4.72. The monoisotopic (exact) mass is 276 g/mol. The smallest absolute Gasteiger partial charge is 0.263 e. The van der Waals surface area contributed by atoms with Gasteiger partial charge in [-0.15, -0.1) is 0 Å². The number of hydrogen-bond donors (Lipinski definition) is 2. The van der Waals surface area contributed by atoms with E-state index in [1.54, 1.807) is 0 Å². The van der Waals surface area contributed by atoms with E-state index in [0.29, 0.717) is 12.8 Å². The Morgan fingerprint density at radius 3 is 1.50 bits per heavy atom. The molecule has 1 aliphatic rings. The predicted molar refractivity (Wildman–Crippen MR) is 51.1 cm³/mol. The van der Waals surface area contributed by atoms with Crippen molar-refractivity contribution in [2.45, 2.75) is 37.9 Å². The Labute approximate surface area is 93.5 Å². The lowest BCUT2D eigenvalue weighted by Crippen LogP contribution is -2.41. The first kappa shape index (κ1) is 13.8. The second-order valence-electron chi connectivity index (χ2n) is 3.49. The van der Waals surface area contributed by atoms with Gasteiger partial charge in [0.25, 0.3) is 0 Å². The van der Waals surface area contributed by atoms with Crippen LogP contribution >= 0.6 is 0 Å². The summed E-state index contributed by atoms with van der Waals surface area (Å²) in [7, 11) is -9.71. The molecular weight excluding hydrogens is 264 g/mol. The van der Waals surface area contributed by atoms with Crippen molar-refractivity contribution >= 4 is 20.8 Å². The summed E-state index contributed by atoms with van der Waals surface area (Å²) in [5.74, 6) is -2.03. The zero-order chi connectivity index (χ0) is 12.4. The first-order valence-corrected chi connectivity index (χ1v) is 7.21. The first-order valence-electron chi connectivity index (χ1n) is 4.48. The summed E-state index contributed by atoms with van der Waals surface area (Å²) in [5, 5.41) is 0. The highest BCUT2D eigenvalue weighted by Gasteiger charge is 2.42. The van der Waals surface area contributed by atoms with Gasteiger partial charge in [0.2, 0.25) is 5.79 Å². The Hall–Kier alpha value is -0.260. The van der Waals surface area contributed by atoms with E-state index in [4.69, 9.17) is 9.11 Å². The van der Waals surface area contributed by atoms with E-state index in [2.05, 4.69) is 8.37 Å². The van der Waals surface area contributed by atoms with Gasteiger partial charge in [0.05, 0.1) is 0 Å². The lowest BCUT2D eigenvalue weighted by atomic mass is 9.95. The quantitative estimate of drug-likeness (QED) is 0.553. The van der Waals surface area contributed by atoms with Crippen molar-refractivity contribution in [1.82, 2.24) is 0 Å². The first-order chi connectivity index (χ1) is 7.12. The average Bonchev–Trinajstić information content (AvgIpc) is 1.97. The summed E-state index contributed by atoms with van der Waals surface area (Å²) in [5.41, 5.74) is 0. The summed E-state index contributed by atoms with van der Waals surface area (Å²) < 4.78 is 67.7. The topological polar surface area (TPSA) is 127 Å². The molecule has 0 aromatic rings. The molecule has 0 saturated heterocycles. The predicted octanol–water partition coefficient (Wildman–Crippen LogP) is 0.286. The molecule has 0 amide bonds. The van der Waals surface area contributed by atoms with Gasteiger partial charge >= 0.3 is 20.8 Å². The fraction of sp³-hybridized carbons (Fsp3) is 1.00. The Kier molecular flexibility index (Phi) is 3.92. The van der Waals surface area contributed by atoms with Crippen LogP contribution in [0.2, 0.25) is 0 Å². The van der Waals surface area contributed by atoms with Gasteiger partial charge in [-0.3, -0.25) is 9.11 Å². The molecule has 0 spiro atoms. The van der Waals surface area contributed by atoms with E-state index < -0.39 is 26.6 Å². The van der Waals surface area contributed by atoms with Crippen LogP contribution in [-0.4, -0.2) is 31.7 Å². The lowest BCUT2D eigenvalue weighted by Gasteiger charge is -2.32. The van der Waals surface area contributed by atoms with Crippen molar-refractivity contribution in [2.24, 2.45) is 0 Å². The van der Waals surface area contributed by atoms with Crippen LogP contribution in [0.1, 0.15) is 32.1 Å². The summed E-state index contributed by atoms with van der Waals surface area (Å²) in [4.78, 5) is 0. The van der Waals surface area contributed by atoms with E-state index >= 15 is 0 Å². The highest BCUT2D eigenvalue weighted by Crippen LogP contribution is 2.35. The molecule has 0 radical (unpaired) electrons. The van der Waals surface area contributed by atoms with Gasteiger partial charge in [-0.1, -0.05) is 6.42 Å². The minimum Gasteiger partial charge on any atom is -0.263 e. The van der Waals surface area contributed by atoms with E-state index in [9.17, 15) is 16.8 Å². The normalized spacial score (nSPS) is 21.9. The molecule has 16 heavy (non-hydrogen) atoms. The molecule has 1 rings (SSSR count). The third-order valence-corrected chi connectivity index (χ3v) is 3.16. The molecule has 2 N–H and O–H groups in total. The SMILES string of the molecule is O=S(=O)(O)OC1(OS(=O)(=O)O)CCCCC1. The van der Waals surface area contributed by atoms with Crippen molar-refractivity contribution in [3.63, 3.8) is 0 Å². The van der Waals surface area contributed by atoms with E-state index in [0.717, 1.165) is 6.42 Å². The molecule has 0 aromatic heterocycles. The van der Waals surface area contributed by atoms with Gasteiger partial charge in [-0.05, 0) is 12.8 Å². The molecule has 10 heteroatoms. The average molecular weight is 276 g/mol. The third-order valence-electron chi connectivity index (χ3n) is 2.13. The molecular formula is C6H12O8S2. The van der Waals surface area contributed by atoms with Gasteiger partial charge in [0, 0.05) is 12.8 Å². The van der Waals surface area contributed by atoms with Crippen LogP contribution in [0.4, 0.5) is 0 Å². The Balaban J connectivity index is 2.92. The van der Waals surface area contributed by atoms with Crippen LogP contribution in [0.5, 0.6) is 0 Å². The molecule has 0 aliphatic heterocycles. The maximum Gasteiger partial charge on any atom is 0.400 e. The summed E-state index contributed by atoms with van der Waals surface area (Å²) in [6.45, 7) is 0. The summed E-state index contributed by atoms with van der Waals surface area (Å²) >= 11 is 0. The van der Waals surface area contributed by atoms with Crippen LogP contribution < -0.4 is 0 Å². The molecule has 0 unspecified atom stereocenters. The van der Waals surface area contributed by atoms with Crippen LogP contribution in [0, 0.1) is 0 Å². The highest BCUT2D eigenvalue weighted by atomic mass is 32.3. The zero-order valence-corrected chi connectivity index (χ0v) is 9.83.